The van der Waals surface area contributed by atoms with Crippen molar-refractivity contribution in [1.82, 2.24) is 0 Å². The van der Waals surface area contributed by atoms with Crippen molar-refractivity contribution in [3.63, 3.8) is 0 Å². The molecule has 0 fully saturated rings. The molecule has 2 N–H and O–H groups in total. The lowest BCUT2D eigenvalue weighted by molar-refractivity contribution is -0.123. The van der Waals surface area contributed by atoms with E-state index in [1.807, 2.05) is 6.92 Å². The molecule has 2 atom stereocenters. The van der Waals surface area contributed by atoms with Gasteiger partial charge in [0.05, 0.1) is 6.67 Å². The van der Waals surface area contributed by atoms with E-state index in [-0.39, 0.29) is 17.7 Å². The van der Waals surface area contributed by atoms with Crippen molar-refractivity contribution in [3.8, 4) is 0 Å². The summed E-state index contributed by atoms with van der Waals surface area (Å²) in [7, 11) is 0. The van der Waals surface area contributed by atoms with Gasteiger partial charge in [0.25, 0.3) is 0 Å². The van der Waals surface area contributed by atoms with Gasteiger partial charge in [0.15, 0.2) is 0 Å². The molecule has 14 heavy (non-hydrogen) atoms. The first-order chi connectivity index (χ1) is 6.67. The van der Waals surface area contributed by atoms with Gasteiger partial charge in [-0.15, -0.1) is 0 Å². The number of primary amides is 1. The minimum atomic E-state index is -0.425. The summed E-state index contributed by atoms with van der Waals surface area (Å²) < 4.78 is 12.7. The van der Waals surface area contributed by atoms with Gasteiger partial charge in [0, 0.05) is 5.92 Å². The first-order valence-electron chi connectivity index (χ1n) is 5.52. The average Bonchev–Trinajstić information content (AvgIpc) is 2.16. The van der Waals surface area contributed by atoms with Crippen molar-refractivity contribution in [2.45, 2.75) is 46.0 Å². The van der Waals surface area contributed by atoms with Gasteiger partial charge in [0.1, 0.15) is 0 Å². The summed E-state index contributed by atoms with van der Waals surface area (Å²) in [5.74, 6) is -0.799. The maximum absolute atomic E-state index is 12.7. The van der Waals surface area contributed by atoms with Crippen molar-refractivity contribution in [1.29, 1.82) is 0 Å². The van der Waals surface area contributed by atoms with E-state index in [0.29, 0.717) is 6.42 Å². The Balaban J connectivity index is 4.01. The van der Waals surface area contributed by atoms with Crippen molar-refractivity contribution in [2.75, 3.05) is 6.67 Å². The largest absolute Gasteiger partial charge is 0.369 e. The molecule has 2 nitrogen and oxygen atoms in total. The van der Waals surface area contributed by atoms with E-state index < -0.39 is 6.67 Å². The molecule has 0 aliphatic rings. The molecule has 0 radical (unpaired) electrons. The molecule has 0 heterocycles. The van der Waals surface area contributed by atoms with E-state index in [0.717, 1.165) is 25.7 Å². The lowest BCUT2D eigenvalue weighted by Gasteiger charge is -2.20. The molecule has 0 rings (SSSR count). The second-order valence-corrected chi connectivity index (χ2v) is 3.83. The summed E-state index contributed by atoms with van der Waals surface area (Å²) in [6.45, 7) is 3.57. The van der Waals surface area contributed by atoms with Crippen LogP contribution in [0.15, 0.2) is 0 Å². The molecule has 84 valence electrons. The zero-order valence-electron chi connectivity index (χ0n) is 9.26. The molecule has 0 saturated carbocycles. The number of alkyl halides is 1. The number of hydrogen-bond acceptors (Lipinski definition) is 1. The van der Waals surface area contributed by atoms with Crippen molar-refractivity contribution in [2.24, 2.45) is 17.6 Å². The maximum Gasteiger partial charge on any atom is 0.220 e. The van der Waals surface area contributed by atoms with Crippen LogP contribution in [-0.2, 0) is 4.79 Å². The van der Waals surface area contributed by atoms with Crippen LogP contribution in [0, 0.1) is 11.8 Å². The Labute approximate surface area is 86.1 Å². The Kier molecular flexibility index (Phi) is 7.44. The van der Waals surface area contributed by atoms with E-state index in [9.17, 15) is 9.18 Å². The molecular weight excluding hydrogens is 181 g/mol. The van der Waals surface area contributed by atoms with Gasteiger partial charge in [-0.1, -0.05) is 33.1 Å². The molecule has 0 aliphatic heterocycles. The zero-order chi connectivity index (χ0) is 11.0. The van der Waals surface area contributed by atoms with Gasteiger partial charge in [-0.05, 0) is 18.8 Å². The fourth-order valence-electron chi connectivity index (χ4n) is 1.81. The smallest absolute Gasteiger partial charge is 0.220 e. The highest BCUT2D eigenvalue weighted by atomic mass is 19.1. The van der Waals surface area contributed by atoms with Gasteiger partial charge in [-0.3, -0.25) is 9.18 Å². The lowest BCUT2D eigenvalue weighted by atomic mass is 9.86. The molecule has 0 aliphatic carbocycles. The van der Waals surface area contributed by atoms with Crippen LogP contribution in [0.4, 0.5) is 4.39 Å². The first-order valence-corrected chi connectivity index (χ1v) is 5.52. The van der Waals surface area contributed by atoms with E-state index >= 15 is 0 Å². The van der Waals surface area contributed by atoms with Crippen LogP contribution < -0.4 is 5.73 Å². The Morgan fingerprint density at radius 3 is 2.36 bits per heavy atom. The van der Waals surface area contributed by atoms with Gasteiger partial charge in [-0.25, -0.2) is 0 Å². The Bertz CT molecular complexity index is 161. The predicted molar refractivity (Wildman–Crippen MR) is 56.6 cm³/mol. The SMILES string of the molecule is CCCCCC(CF)C(CC)C(N)=O. The van der Waals surface area contributed by atoms with Crippen molar-refractivity contribution >= 4 is 5.91 Å². The van der Waals surface area contributed by atoms with Gasteiger partial charge in [0.2, 0.25) is 5.91 Å². The summed E-state index contributed by atoms with van der Waals surface area (Å²) in [4.78, 5) is 11.0. The lowest BCUT2D eigenvalue weighted by Crippen LogP contribution is -2.30. The Morgan fingerprint density at radius 2 is 2.00 bits per heavy atom. The summed E-state index contributed by atoms with van der Waals surface area (Å²) in [5, 5.41) is 0. The van der Waals surface area contributed by atoms with Crippen molar-refractivity contribution in [3.05, 3.63) is 0 Å². The minimum absolute atomic E-state index is 0.163. The number of unbranched alkanes of at least 4 members (excludes halogenated alkanes) is 2. The molecule has 1 amide bonds. The van der Waals surface area contributed by atoms with Crippen LogP contribution in [0.5, 0.6) is 0 Å². The normalized spacial score (nSPS) is 15.1. The van der Waals surface area contributed by atoms with E-state index in [1.165, 1.54) is 0 Å². The highest BCUT2D eigenvalue weighted by Crippen LogP contribution is 2.22. The predicted octanol–water partition coefficient (Wildman–Crippen LogP) is 2.66. The molecule has 0 bridgehead atoms. The second kappa shape index (κ2) is 7.77. The zero-order valence-corrected chi connectivity index (χ0v) is 9.26. The molecule has 2 unspecified atom stereocenters. The van der Waals surface area contributed by atoms with Gasteiger partial charge < -0.3 is 5.73 Å². The Morgan fingerprint density at radius 1 is 1.36 bits per heavy atom. The third kappa shape index (κ3) is 4.58. The van der Waals surface area contributed by atoms with Gasteiger partial charge >= 0.3 is 0 Å². The molecule has 0 aromatic carbocycles. The first kappa shape index (κ1) is 13.4. The molecule has 0 aromatic rings. The number of amides is 1. The fraction of sp³-hybridized carbons (Fsp3) is 0.909. The van der Waals surface area contributed by atoms with Crippen LogP contribution in [0.1, 0.15) is 46.0 Å². The molecule has 3 heteroatoms. The van der Waals surface area contributed by atoms with E-state index in [1.54, 1.807) is 0 Å². The van der Waals surface area contributed by atoms with Crippen molar-refractivity contribution < 1.29 is 9.18 Å². The van der Waals surface area contributed by atoms with E-state index in [4.69, 9.17) is 5.73 Å². The van der Waals surface area contributed by atoms with Gasteiger partial charge in [-0.2, -0.15) is 0 Å². The third-order valence-electron chi connectivity index (χ3n) is 2.75. The number of rotatable bonds is 8. The monoisotopic (exact) mass is 203 g/mol. The summed E-state index contributed by atoms with van der Waals surface area (Å²) in [6.07, 6.45) is 4.65. The quantitative estimate of drug-likeness (QED) is 0.605. The topological polar surface area (TPSA) is 43.1 Å². The van der Waals surface area contributed by atoms with Crippen LogP contribution in [0.2, 0.25) is 0 Å². The molecular formula is C11H22FNO. The number of nitrogens with two attached hydrogens (primary N) is 1. The highest BCUT2D eigenvalue weighted by molar-refractivity contribution is 5.76. The number of carbonyl (C=O) groups is 1. The van der Waals surface area contributed by atoms with Crippen LogP contribution in [0.3, 0.4) is 0 Å². The average molecular weight is 203 g/mol. The summed E-state index contributed by atoms with van der Waals surface area (Å²) >= 11 is 0. The Hall–Kier alpha value is -0.600. The minimum Gasteiger partial charge on any atom is -0.369 e. The summed E-state index contributed by atoms with van der Waals surface area (Å²) in [5.41, 5.74) is 5.22. The highest BCUT2D eigenvalue weighted by Gasteiger charge is 2.24. The fourth-order valence-corrected chi connectivity index (χ4v) is 1.81. The summed E-state index contributed by atoms with van der Waals surface area (Å²) in [6, 6.07) is 0. The molecule has 0 saturated heterocycles. The standard InChI is InChI=1S/C11H22FNO/c1-3-5-6-7-9(8-12)10(4-2)11(13)14/h9-10H,3-8H2,1-2H3,(H2,13,14). The number of carbonyl (C=O) groups excluding carboxylic acids is 1. The third-order valence-corrected chi connectivity index (χ3v) is 2.75. The second-order valence-electron chi connectivity index (χ2n) is 3.83. The van der Waals surface area contributed by atoms with E-state index in [2.05, 4.69) is 6.92 Å². The maximum atomic E-state index is 12.7. The number of halogens is 1. The number of hydrogen-bond donors (Lipinski definition) is 1. The van der Waals surface area contributed by atoms with Crippen LogP contribution >= 0.6 is 0 Å². The molecule has 0 aromatic heterocycles. The molecule has 0 spiro atoms. The van der Waals surface area contributed by atoms with Crippen LogP contribution in [-0.4, -0.2) is 12.6 Å². The van der Waals surface area contributed by atoms with Crippen LogP contribution in [0.25, 0.3) is 0 Å².